The van der Waals surface area contributed by atoms with Crippen LogP contribution in [0.4, 0.5) is 17.1 Å². The van der Waals surface area contributed by atoms with Gasteiger partial charge in [0.15, 0.2) is 0 Å². The van der Waals surface area contributed by atoms with Crippen molar-refractivity contribution in [3.8, 4) is 0 Å². The third kappa shape index (κ3) is 2.00. The fraction of sp³-hybridized carbons (Fsp3) is 0.0952. The zero-order valence-electron chi connectivity index (χ0n) is 13.0. The zero-order chi connectivity index (χ0) is 16.1. The molecule has 2 nitrogen and oxygen atoms in total. The molecule has 0 N–H and O–H groups in total. The molecule has 2 aliphatic heterocycles. The number of hydrogen-bond donors (Lipinski definition) is 0. The van der Waals surface area contributed by atoms with E-state index in [2.05, 4.69) is 59.5 Å². The molecule has 0 radical (unpaired) electrons. The molecule has 116 valence electrons. The lowest BCUT2D eigenvalue weighted by atomic mass is 9.98. The van der Waals surface area contributed by atoms with E-state index in [1.165, 1.54) is 16.9 Å². The Morgan fingerprint density at radius 2 is 1.71 bits per heavy atom. The standard InChI is InChI=1S/C21H15ClN2/c22-16-12-15-10-11-24-19-9-5-4-8-18(19)23-20(17(13-16)21(15)24)14-6-2-1-3-7-14/h1-9,12-13H,10-11H2. The molecule has 0 unspecified atom stereocenters. The zero-order valence-corrected chi connectivity index (χ0v) is 13.8. The van der Waals surface area contributed by atoms with Gasteiger partial charge in [-0.25, -0.2) is 4.99 Å². The predicted molar refractivity (Wildman–Crippen MR) is 100 cm³/mol. The molecule has 0 spiro atoms. The highest BCUT2D eigenvalue weighted by Crippen LogP contribution is 2.46. The largest absolute Gasteiger partial charge is 0.339 e. The van der Waals surface area contributed by atoms with Crippen LogP contribution in [0.3, 0.4) is 0 Å². The van der Waals surface area contributed by atoms with E-state index in [0.717, 1.165) is 40.5 Å². The van der Waals surface area contributed by atoms with Gasteiger partial charge in [-0.1, -0.05) is 54.1 Å². The van der Waals surface area contributed by atoms with E-state index >= 15 is 0 Å². The minimum Gasteiger partial charge on any atom is -0.339 e. The summed E-state index contributed by atoms with van der Waals surface area (Å²) in [5.41, 5.74) is 7.97. The summed E-state index contributed by atoms with van der Waals surface area (Å²) < 4.78 is 0. The van der Waals surface area contributed by atoms with Crippen LogP contribution in [0.5, 0.6) is 0 Å². The Bertz CT molecular complexity index is 976. The minimum absolute atomic E-state index is 0.778. The van der Waals surface area contributed by atoms with E-state index in [9.17, 15) is 0 Å². The van der Waals surface area contributed by atoms with Gasteiger partial charge in [0, 0.05) is 22.7 Å². The van der Waals surface area contributed by atoms with E-state index in [0.29, 0.717) is 0 Å². The third-order valence-corrected chi connectivity index (χ3v) is 4.95. The highest BCUT2D eigenvalue weighted by atomic mass is 35.5. The van der Waals surface area contributed by atoms with Gasteiger partial charge in [0.05, 0.1) is 22.8 Å². The second-order valence-electron chi connectivity index (χ2n) is 6.18. The van der Waals surface area contributed by atoms with Gasteiger partial charge in [0.2, 0.25) is 0 Å². The SMILES string of the molecule is Clc1cc2c3c(c1)C(c1ccccc1)=Nc1ccccc1N3CC2. The molecule has 0 fully saturated rings. The van der Waals surface area contributed by atoms with Gasteiger partial charge < -0.3 is 4.90 Å². The van der Waals surface area contributed by atoms with Crippen LogP contribution >= 0.6 is 11.6 Å². The van der Waals surface area contributed by atoms with Crippen LogP contribution in [-0.2, 0) is 6.42 Å². The smallest absolute Gasteiger partial charge is 0.0874 e. The molecule has 0 amide bonds. The Labute approximate surface area is 146 Å². The van der Waals surface area contributed by atoms with Gasteiger partial charge >= 0.3 is 0 Å². The van der Waals surface area contributed by atoms with Crippen molar-refractivity contribution in [2.45, 2.75) is 6.42 Å². The van der Waals surface area contributed by atoms with Gasteiger partial charge in [-0.3, -0.25) is 0 Å². The van der Waals surface area contributed by atoms with Crippen molar-refractivity contribution in [3.05, 3.63) is 88.4 Å². The molecule has 0 saturated carbocycles. The molecular formula is C21H15ClN2. The lowest BCUT2D eigenvalue weighted by Crippen LogP contribution is -2.15. The first-order valence-corrected chi connectivity index (χ1v) is 8.52. The molecule has 0 saturated heterocycles. The molecular weight excluding hydrogens is 316 g/mol. The van der Waals surface area contributed by atoms with E-state index in [1.54, 1.807) is 0 Å². The second-order valence-corrected chi connectivity index (χ2v) is 6.61. The lowest BCUT2D eigenvalue weighted by molar-refractivity contribution is 0.999. The first kappa shape index (κ1) is 13.8. The Balaban J connectivity index is 1.88. The summed E-state index contributed by atoms with van der Waals surface area (Å²) in [5.74, 6) is 0. The summed E-state index contributed by atoms with van der Waals surface area (Å²) in [7, 11) is 0. The first-order valence-electron chi connectivity index (χ1n) is 8.15. The summed E-state index contributed by atoms with van der Waals surface area (Å²) in [6.45, 7) is 0.970. The Hall–Kier alpha value is -2.58. The monoisotopic (exact) mass is 330 g/mol. The maximum Gasteiger partial charge on any atom is 0.0874 e. The van der Waals surface area contributed by atoms with Crippen LogP contribution in [0.2, 0.25) is 5.02 Å². The van der Waals surface area contributed by atoms with Crippen molar-refractivity contribution in [2.24, 2.45) is 4.99 Å². The van der Waals surface area contributed by atoms with Gasteiger partial charge in [-0.2, -0.15) is 0 Å². The highest BCUT2D eigenvalue weighted by molar-refractivity contribution is 6.32. The molecule has 0 aromatic heterocycles. The van der Waals surface area contributed by atoms with Crippen LogP contribution < -0.4 is 4.90 Å². The maximum absolute atomic E-state index is 6.42. The van der Waals surface area contributed by atoms with Crippen molar-refractivity contribution in [1.82, 2.24) is 0 Å². The molecule has 0 bridgehead atoms. The Morgan fingerprint density at radius 3 is 2.58 bits per heavy atom. The van der Waals surface area contributed by atoms with Crippen molar-refractivity contribution in [2.75, 3.05) is 11.4 Å². The number of halogens is 1. The fourth-order valence-electron chi connectivity index (χ4n) is 3.71. The fourth-order valence-corrected chi connectivity index (χ4v) is 3.96. The molecule has 2 aliphatic rings. The highest BCUT2D eigenvalue weighted by Gasteiger charge is 2.30. The van der Waals surface area contributed by atoms with E-state index < -0.39 is 0 Å². The van der Waals surface area contributed by atoms with Crippen molar-refractivity contribution >= 4 is 34.4 Å². The quantitative estimate of drug-likeness (QED) is 0.574. The van der Waals surface area contributed by atoms with Gasteiger partial charge in [0.1, 0.15) is 0 Å². The van der Waals surface area contributed by atoms with Crippen LogP contribution in [0.15, 0.2) is 71.7 Å². The molecule has 2 heterocycles. The molecule has 0 aliphatic carbocycles. The Kier molecular flexibility index (Phi) is 3.00. The number of nitrogens with zero attached hydrogens (tertiary/aromatic N) is 2. The number of fused-ring (bicyclic) bond motifs is 2. The summed E-state index contributed by atoms with van der Waals surface area (Å²) in [5, 5.41) is 0.778. The van der Waals surface area contributed by atoms with Crippen LogP contribution in [0, 0.1) is 0 Å². The normalized spacial score (nSPS) is 14.7. The molecule has 0 atom stereocenters. The molecule has 24 heavy (non-hydrogen) atoms. The average molecular weight is 331 g/mol. The summed E-state index contributed by atoms with van der Waals surface area (Å²) in [6.07, 6.45) is 1.01. The maximum atomic E-state index is 6.42. The lowest BCUT2D eigenvalue weighted by Gasteiger charge is -2.21. The van der Waals surface area contributed by atoms with E-state index in [-0.39, 0.29) is 0 Å². The molecule has 3 aromatic rings. The summed E-state index contributed by atoms with van der Waals surface area (Å²) in [4.78, 5) is 7.42. The molecule has 3 heteroatoms. The minimum atomic E-state index is 0.778. The third-order valence-electron chi connectivity index (χ3n) is 4.74. The number of hydrogen-bond acceptors (Lipinski definition) is 2. The predicted octanol–water partition coefficient (Wildman–Crippen LogP) is 5.52. The average Bonchev–Trinajstić information content (AvgIpc) is 2.97. The van der Waals surface area contributed by atoms with Crippen molar-refractivity contribution in [3.63, 3.8) is 0 Å². The number of aliphatic imine (C=N–C) groups is 1. The number of para-hydroxylation sites is 2. The number of benzene rings is 3. The van der Waals surface area contributed by atoms with Crippen molar-refractivity contribution < 1.29 is 0 Å². The molecule has 5 rings (SSSR count). The summed E-state index contributed by atoms with van der Waals surface area (Å²) >= 11 is 6.42. The van der Waals surface area contributed by atoms with E-state index in [4.69, 9.17) is 16.6 Å². The van der Waals surface area contributed by atoms with Gasteiger partial charge in [0.25, 0.3) is 0 Å². The topological polar surface area (TPSA) is 15.6 Å². The van der Waals surface area contributed by atoms with Gasteiger partial charge in [-0.15, -0.1) is 0 Å². The van der Waals surface area contributed by atoms with Crippen molar-refractivity contribution in [1.29, 1.82) is 0 Å². The number of anilines is 2. The first-order chi connectivity index (χ1) is 11.8. The summed E-state index contributed by atoms with van der Waals surface area (Å²) in [6, 6.07) is 22.9. The van der Waals surface area contributed by atoms with Crippen LogP contribution in [0.1, 0.15) is 16.7 Å². The number of rotatable bonds is 1. The van der Waals surface area contributed by atoms with E-state index in [1.807, 2.05) is 12.1 Å². The van der Waals surface area contributed by atoms with Crippen LogP contribution in [0.25, 0.3) is 0 Å². The molecule has 3 aromatic carbocycles. The van der Waals surface area contributed by atoms with Crippen LogP contribution in [-0.4, -0.2) is 12.3 Å². The van der Waals surface area contributed by atoms with Gasteiger partial charge in [-0.05, 0) is 36.2 Å². The second kappa shape index (κ2) is 5.22. The Morgan fingerprint density at radius 1 is 0.917 bits per heavy atom.